The van der Waals surface area contributed by atoms with Crippen LogP contribution in [0.4, 0.5) is 8.78 Å². The molecule has 0 bridgehead atoms. The molecular weight excluding hydrogens is 272 g/mol. The number of nitrogens with zero attached hydrogens (tertiary/aromatic N) is 2. The molecule has 1 N–H and O–H groups in total. The second-order valence-electron chi connectivity index (χ2n) is 5.11. The third-order valence-corrected chi connectivity index (χ3v) is 3.57. The van der Waals surface area contributed by atoms with Gasteiger partial charge in [0.25, 0.3) is 0 Å². The Balaban J connectivity index is 2.32. The number of aromatic nitrogens is 2. The Morgan fingerprint density at radius 3 is 2.67 bits per heavy atom. The summed E-state index contributed by atoms with van der Waals surface area (Å²) in [5.74, 6) is -0.976. The monoisotopic (exact) mass is 293 g/mol. The fraction of sp³-hybridized carbons (Fsp3) is 0.438. The van der Waals surface area contributed by atoms with Crippen molar-refractivity contribution in [3.8, 4) is 0 Å². The van der Waals surface area contributed by atoms with E-state index in [4.69, 9.17) is 0 Å². The normalized spacial score (nSPS) is 12.6. The van der Waals surface area contributed by atoms with Gasteiger partial charge in [-0.3, -0.25) is 4.68 Å². The molecule has 1 heterocycles. The fourth-order valence-corrected chi connectivity index (χ4v) is 2.44. The lowest BCUT2D eigenvalue weighted by molar-refractivity contribution is 0.470. The van der Waals surface area contributed by atoms with Gasteiger partial charge in [-0.1, -0.05) is 13.0 Å². The number of nitrogens with one attached hydrogen (secondary N) is 1. The van der Waals surface area contributed by atoms with E-state index in [-0.39, 0.29) is 5.56 Å². The second kappa shape index (κ2) is 6.80. The van der Waals surface area contributed by atoms with Crippen LogP contribution in [0.5, 0.6) is 0 Å². The summed E-state index contributed by atoms with van der Waals surface area (Å²) >= 11 is 0. The van der Waals surface area contributed by atoms with Crippen LogP contribution in [0.3, 0.4) is 0 Å². The molecule has 0 aliphatic carbocycles. The van der Waals surface area contributed by atoms with E-state index >= 15 is 0 Å². The number of hydrogen-bond donors (Lipinski definition) is 1. The third kappa shape index (κ3) is 3.47. The van der Waals surface area contributed by atoms with Crippen molar-refractivity contribution in [1.82, 2.24) is 15.1 Å². The summed E-state index contributed by atoms with van der Waals surface area (Å²) in [6.07, 6.45) is 4.17. The van der Waals surface area contributed by atoms with Gasteiger partial charge in [0.05, 0.1) is 6.20 Å². The molecular formula is C16H21F2N3. The van der Waals surface area contributed by atoms with Crippen molar-refractivity contribution in [2.45, 2.75) is 39.8 Å². The molecule has 1 aromatic heterocycles. The van der Waals surface area contributed by atoms with Crippen molar-refractivity contribution < 1.29 is 8.78 Å². The van der Waals surface area contributed by atoms with Gasteiger partial charge in [0.2, 0.25) is 0 Å². The Labute approximate surface area is 124 Å². The Morgan fingerprint density at radius 1 is 1.29 bits per heavy atom. The van der Waals surface area contributed by atoms with E-state index < -0.39 is 17.7 Å². The Kier molecular flexibility index (Phi) is 5.07. The Hall–Kier alpha value is -1.75. The van der Waals surface area contributed by atoms with Crippen molar-refractivity contribution in [3.05, 3.63) is 52.9 Å². The first-order valence-electron chi connectivity index (χ1n) is 7.26. The largest absolute Gasteiger partial charge is 0.310 e. The smallest absolute Gasteiger partial charge is 0.133 e. The molecule has 0 spiro atoms. The van der Waals surface area contributed by atoms with Gasteiger partial charge in [0, 0.05) is 24.3 Å². The molecule has 0 aliphatic heterocycles. The lowest BCUT2D eigenvalue weighted by atomic mass is 9.97. The van der Waals surface area contributed by atoms with Gasteiger partial charge >= 0.3 is 0 Å². The average molecular weight is 293 g/mol. The minimum Gasteiger partial charge on any atom is -0.310 e. The van der Waals surface area contributed by atoms with Crippen molar-refractivity contribution in [3.63, 3.8) is 0 Å². The lowest BCUT2D eigenvalue weighted by Crippen LogP contribution is -2.25. The highest BCUT2D eigenvalue weighted by atomic mass is 19.1. The van der Waals surface area contributed by atoms with Gasteiger partial charge in [-0.2, -0.15) is 5.10 Å². The van der Waals surface area contributed by atoms with Gasteiger partial charge in [0.1, 0.15) is 11.6 Å². The predicted molar refractivity (Wildman–Crippen MR) is 79.1 cm³/mol. The van der Waals surface area contributed by atoms with Gasteiger partial charge in [-0.15, -0.1) is 0 Å². The van der Waals surface area contributed by atoms with E-state index in [9.17, 15) is 8.78 Å². The van der Waals surface area contributed by atoms with Crippen LogP contribution in [0.2, 0.25) is 0 Å². The maximum absolute atomic E-state index is 14.3. The van der Waals surface area contributed by atoms with E-state index in [2.05, 4.69) is 10.4 Å². The van der Waals surface area contributed by atoms with E-state index in [1.165, 1.54) is 12.1 Å². The molecule has 0 amide bonds. The van der Waals surface area contributed by atoms with Gasteiger partial charge in [-0.05, 0) is 44.0 Å². The highest BCUT2D eigenvalue weighted by Gasteiger charge is 2.21. The van der Waals surface area contributed by atoms with Crippen molar-refractivity contribution in [2.75, 3.05) is 6.54 Å². The van der Waals surface area contributed by atoms with Crippen LogP contribution < -0.4 is 5.32 Å². The zero-order valence-corrected chi connectivity index (χ0v) is 12.7. The zero-order chi connectivity index (χ0) is 15.4. The summed E-state index contributed by atoms with van der Waals surface area (Å²) in [7, 11) is 0. The van der Waals surface area contributed by atoms with Crippen molar-refractivity contribution in [1.29, 1.82) is 0 Å². The van der Waals surface area contributed by atoms with Crippen molar-refractivity contribution >= 4 is 0 Å². The summed E-state index contributed by atoms with van der Waals surface area (Å²) in [5, 5.41) is 7.37. The van der Waals surface area contributed by atoms with Crippen LogP contribution in [0.15, 0.2) is 24.5 Å². The van der Waals surface area contributed by atoms with E-state index in [0.717, 1.165) is 12.1 Å². The molecule has 0 saturated carbocycles. The number of aryl methyl sites for hydroxylation is 2. The topological polar surface area (TPSA) is 29.9 Å². The summed E-state index contributed by atoms with van der Waals surface area (Å²) in [5.41, 5.74) is 1.53. The molecule has 1 unspecified atom stereocenters. The van der Waals surface area contributed by atoms with Gasteiger partial charge in [0.15, 0.2) is 0 Å². The van der Waals surface area contributed by atoms with Crippen LogP contribution in [-0.4, -0.2) is 16.3 Å². The number of likely N-dealkylation sites (N-methyl/N-ethyl adjacent to an activating group) is 1. The Morgan fingerprint density at radius 2 is 2.05 bits per heavy atom. The summed E-state index contributed by atoms with van der Waals surface area (Å²) in [6, 6.07) is 2.39. The lowest BCUT2D eigenvalue weighted by Gasteiger charge is -2.20. The van der Waals surface area contributed by atoms with Crippen LogP contribution in [0.25, 0.3) is 0 Å². The van der Waals surface area contributed by atoms with E-state index in [0.29, 0.717) is 18.5 Å². The van der Waals surface area contributed by atoms with Crippen LogP contribution in [-0.2, 0) is 13.0 Å². The summed E-state index contributed by atoms with van der Waals surface area (Å²) < 4.78 is 30.2. The number of hydrogen-bond acceptors (Lipinski definition) is 2. The first-order valence-corrected chi connectivity index (χ1v) is 7.26. The van der Waals surface area contributed by atoms with E-state index in [1.54, 1.807) is 17.8 Å². The molecule has 1 aromatic carbocycles. The number of rotatable bonds is 6. The molecule has 114 valence electrons. The molecule has 1 atom stereocenters. The molecule has 5 heteroatoms. The van der Waals surface area contributed by atoms with Gasteiger partial charge in [-0.25, -0.2) is 8.78 Å². The first kappa shape index (κ1) is 15.6. The average Bonchev–Trinajstić information content (AvgIpc) is 2.91. The highest BCUT2D eigenvalue weighted by Crippen LogP contribution is 2.26. The number of halogens is 2. The zero-order valence-electron chi connectivity index (χ0n) is 12.7. The number of benzene rings is 1. The molecule has 0 radical (unpaired) electrons. The molecule has 2 rings (SSSR count). The van der Waals surface area contributed by atoms with Crippen LogP contribution in [0, 0.1) is 18.6 Å². The summed E-state index contributed by atoms with van der Waals surface area (Å²) in [6.45, 7) is 6.99. The fourth-order valence-electron chi connectivity index (χ4n) is 2.44. The van der Waals surface area contributed by atoms with Crippen LogP contribution >= 0.6 is 0 Å². The molecule has 0 fully saturated rings. The predicted octanol–water partition coefficient (Wildman–Crippen LogP) is 3.38. The highest BCUT2D eigenvalue weighted by molar-refractivity contribution is 5.30. The molecule has 0 saturated heterocycles. The van der Waals surface area contributed by atoms with Crippen molar-refractivity contribution in [2.24, 2.45) is 0 Å². The molecule has 2 aromatic rings. The maximum atomic E-state index is 14.3. The standard InChI is InChI=1S/C16H21F2N3/c1-4-19-14(8-12-9-20-21(5-2)10-12)15-13(17)7-6-11(3)16(15)18/h6-7,9-10,14,19H,4-5,8H2,1-3H3. The Bertz CT molecular complexity index is 608. The third-order valence-electron chi connectivity index (χ3n) is 3.57. The van der Waals surface area contributed by atoms with E-state index in [1.807, 2.05) is 20.0 Å². The quantitative estimate of drug-likeness (QED) is 0.885. The SMILES string of the molecule is CCNC(Cc1cnn(CC)c1)c1c(F)ccc(C)c1F. The minimum atomic E-state index is -0.507. The molecule has 21 heavy (non-hydrogen) atoms. The summed E-state index contributed by atoms with van der Waals surface area (Å²) in [4.78, 5) is 0. The maximum Gasteiger partial charge on any atom is 0.133 e. The first-order chi connectivity index (χ1) is 10.1. The minimum absolute atomic E-state index is 0.112. The molecule has 3 nitrogen and oxygen atoms in total. The molecule has 0 aliphatic rings. The van der Waals surface area contributed by atoms with Gasteiger partial charge < -0.3 is 5.32 Å². The van der Waals surface area contributed by atoms with Crippen LogP contribution in [0.1, 0.15) is 36.6 Å². The second-order valence-corrected chi connectivity index (χ2v) is 5.11.